The van der Waals surface area contributed by atoms with Crippen LogP contribution in [-0.2, 0) is 14.8 Å². The van der Waals surface area contributed by atoms with Gasteiger partial charge in [-0.3, -0.25) is 9.69 Å². The van der Waals surface area contributed by atoms with Gasteiger partial charge in [0.25, 0.3) is 5.91 Å². The summed E-state index contributed by atoms with van der Waals surface area (Å²) in [6.45, 7) is 4.66. The highest BCUT2D eigenvalue weighted by molar-refractivity contribution is 7.89. The van der Waals surface area contributed by atoms with Crippen LogP contribution in [0.3, 0.4) is 0 Å². The Bertz CT molecular complexity index is 1070. The summed E-state index contributed by atoms with van der Waals surface area (Å²) in [4.78, 5) is 29.3. The molecule has 2 saturated heterocycles. The molecule has 3 amide bonds. The lowest BCUT2D eigenvalue weighted by Gasteiger charge is -2.38. The van der Waals surface area contributed by atoms with E-state index in [9.17, 15) is 18.0 Å². The van der Waals surface area contributed by atoms with E-state index in [0.717, 1.165) is 25.7 Å². The van der Waals surface area contributed by atoms with Gasteiger partial charge in [-0.05, 0) is 30.9 Å². The van der Waals surface area contributed by atoms with Gasteiger partial charge in [0.2, 0.25) is 10.0 Å². The molecule has 0 aromatic heterocycles. The zero-order valence-corrected chi connectivity index (χ0v) is 20.3. The molecule has 11 heteroatoms. The minimum atomic E-state index is -3.70. The lowest BCUT2D eigenvalue weighted by atomic mass is 9.73. The first-order valence-electron chi connectivity index (χ1n) is 12.1. The number of imide groups is 1. The number of urea groups is 1. The molecule has 2 atom stereocenters. The van der Waals surface area contributed by atoms with Crippen molar-refractivity contribution in [2.24, 2.45) is 5.92 Å². The van der Waals surface area contributed by atoms with Crippen LogP contribution in [0.4, 0.5) is 4.79 Å². The number of fused-ring (bicyclic) bond motifs is 1. The quantitative estimate of drug-likeness (QED) is 0.636. The van der Waals surface area contributed by atoms with Crippen molar-refractivity contribution in [1.29, 1.82) is 0 Å². The summed E-state index contributed by atoms with van der Waals surface area (Å²) in [5.41, 5.74) is -0.780. The van der Waals surface area contributed by atoms with Gasteiger partial charge in [0, 0.05) is 38.7 Å². The van der Waals surface area contributed by atoms with E-state index in [1.165, 1.54) is 15.3 Å². The predicted molar refractivity (Wildman–Crippen MR) is 123 cm³/mol. The summed E-state index contributed by atoms with van der Waals surface area (Å²) in [5.74, 6) is 0.966. The number of rotatable bonds is 4. The van der Waals surface area contributed by atoms with Crippen molar-refractivity contribution < 1.29 is 27.5 Å². The summed E-state index contributed by atoms with van der Waals surface area (Å²) < 4.78 is 39.2. The summed E-state index contributed by atoms with van der Waals surface area (Å²) in [7, 11) is -3.70. The van der Waals surface area contributed by atoms with Crippen LogP contribution in [-0.4, -0.2) is 86.1 Å². The number of nitrogens with zero attached hydrogens (tertiary/aromatic N) is 3. The topological polar surface area (TPSA) is 108 Å². The second-order valence-electron chi connectivity index (χ2n) is 9.60. The second-order valence-corrected chi connectivity index (χ2v) is 11.5. The van der Waals surface area contributed by atoms with Crippen LogP contribution in [0, 0.1) is 5.92 Å². The molecule has 0 radical (unpaired) electrons. The number of piperazine rings is 1. The number of hydrogen-bond acceptors (Lipinski definition) is 7. The summed E-state index contributed by atoms with van der Waals surface area (Å²) in [6, 6.07) is 4.37. The summed E-state index contributed by atoms with van der Waals surface area (Å²) in [5, 5.41) is 2.97. The zero-order chi connectivity index (χ0) is 23.9. The Morgan fingerprint density at radius 1 is 1.03 bits per heavy atom. The van der Waals surface area contributed by atoms with Crippen LogP contribution in [0.5, 0.6) is 11.5 Å². The average molecular weight is 493 g/mol. The first-order valence-corrected chi connectivity index (χ1v) is 13.5. The van der Waals surface area contributed by atoms with Crippen LogP contribution >= 0.6 is 0 Å². The number of ether oxygens (including phenoxy) is 2. The largest absolute Gasteiger partial charge is 0.490 e. The van der Waals surface area contributed by atoms with Crippen LogP contribution in [0.1, 0.15) is 39.0 Å². The number of carbonyl (C=O) groups is 2. The summed E-state index contributed by atoms with van der Waals surface area (Å²) >= 11 is 0. The van der Waals surface area contributed by atoms with Crippen molar-refractivity contribution in [3.05, 3.63) is 18.2 Å². The SMILES string of the molecule is CC1CCCCC12NC(=O)N(CN1CCN(S(=O)(=O)c3ccc4c(c3)OCCCO4)CC1)C2=O. The van der Waals surface area contributed by atoms with Gasteiger partial charge < -0.3 is 14.8 Å². The minimum Gasteiger partial charge on any atom is -0.490 e. The highest BCUT2D eigenvalue weighted by Crippen LogP contribution is 2.38. The van der Waals surface area contributed by atoms with E-state index in [1.54, 1.807) is 12.1 Å². The molecular weight excluding hydrogens is 460 g/mol. The molecule has 2 unspecified atom stereocenters. The number of amides is 3. The lowest BCUT2D eigenvalue weighted by Crippen LogP contribution is -2.55. The van der Waals surface area contributed by atoms with Crippen molar-refractivity contribution in [1.82, 2.24) is 19.4 Å². The molecule has 1 aromatic rings. The highest BCUT2D eigenvalue weighted by atomic mass is 32.2. The van der Waals surface area contributed by atoms with E-state index >= 15 is 0 Å². The molecule has 4 aliphatic rings. The third-order valence-electron chi connectivity index (χ3n) is 7.53. The summed E-state index contributed by atoms with van der Waals surface area (Å²) in [6.07, 6.45) is 4.36. The molecule has 3 heterocycles. The van der Waals surface area contributed by atoms with E-state index in [1.807, 2.05) is 11.8 Å². The molecule has 3 fully saturated rings. The molecular formula is C23H32N4O6S. The molecule has 1 aliphatic carbocycles. The zero-order valence-electron chi connectivity index (χ0n) is 19.5. The van der Waals surface area contributed by atoms with Crippen molar-refractivity contribution in [3.63, 3.8) is 0 Å². The number of benzene rings is 1. The van der Waals surface area contributed by atoms with Gasteiger partial charge in [0.15, 0.2) is 11.5 Å². The van der Waals surface area contributed by atoms with Crippen molar-refractivity contribution in [2.75, 3.05) is 46.1 Å². The molecule has 186 valence electrons. The van der Waals surface area contributed by atoms with E-state index in [2.05, 4.69) is 5.32 Å². The highest BCUT2D eigenvalue weighted by Gasteiger charge is 2.55. The van der Waals surface area contributed by atoms with Crippen molar-refractivity contribution in [2.45, 2.75) is 49.5 Å². The third kappa shape index (κ3) is 4.03. The van der Waals surface area contributed by atoms with Crippen LogP contribution < -0.4 is 14.8 Å². The predicted octanol–water partition coefficient (Wildman–Crippen LogP) is 1.61. The fourth-order valence-electron chi connectivity index (χ4n) is 5.39. The molecule has 10 nitrogen and oxygen atoms in total. The Balaban J connectivity index is 1.22. The number of nitrogens with one attached hydrogen (secondary N) is 1. The van der Waals surface area contributed by atoms with E-state index in [-0.39, 0.29) is 42.5 Å². The van der Waals surface area contributed by atoms with Crippen LogP contribution in [0.15, 0.2) is 23.1 Å². The Morgan fingerprint density at radius 2 is 1.76 bits per heavy atom. The van der Waals surface area contributed by atoms with E-state index in [4.69, 9.17) is 9.47 Å². The van der Waals surface area contributed by atoms with Crippen molar-refractivity contribution >= 4 is 22.0 Å². The van der Waals surface area contributed by atoms with Gasteiger partial charge >= 0.3 is 6.03 Å². The van der Waals surface area contributed by atoms with Gasteiger partial charge in [-0.1, -0.05) is 19.8 Å². The first kappa shape index (κ1) is 23.4. The molecule has 1 saturated carbocycles. The fraction of sp³-hybridized carbons (Fsp3) is 0.652. The Hall–Kier alpha value is -2.37. The van der Waals surface area contributed by atoms with Gasteiger partial charge in [-0.25, -0.2) is 18.1 Å². The van der Waals surface area contributed by atoms with Crippen molar-refractivity contribution in [3.8, 4) is 11.5 Å². The molecule has 1 spiro atoms. The maximum atomic E-state index is 13.2. The normalized spacial score (nSPS) is 28.7. The first-order chi connectivity index (χ1) is 16.3. The number of carbonyl (C=O) groups excluding carboxylic acids is 2. The Morgan fingerprint density at radius 3 is 2.50 bits per heavy atom. The third-order valence-corrected chi connectivity index (χ3v) is 9.43. The van der Waals surface area contributed by atoms with E-state index < -0.39 is 15.6 Å². The molecule has 3 aliphatic heterocycles. The lowest BCUT2D eigenvalue weighted by molar-refractivity contribution is -0.135. The number of hydrogen-bond donors (Lipinski definition) is 1. The second kappa shape index (κ2) is 9.01. The Kier molecular flexibility index (Phi) is 6.19. The molecule has 34 heavy (non-hydrogen) atoms. The average Bonchev–Trinajstić information content (AvgIpc) is 2.99. The monoisotopic (exact) mass is 492 g/mol. The van der Waals surface area contributed by atoms with Gasteiger partial charge in [-0.2, -0.15) is 4.31 Å². The van der Waals surface area contributed by atoms with Gasteiger partial charge in [0.05, 0.1) is 24.8 Å². The molecule has 1 aromatic carbocycles. The standard InChI is InChI=1S/C23H32N4O6S/c1-17-5-2-3-8-23(17)21(28)27(22(29)24-23)16-25-9-11-26(12-10-25)34(30,31)18-6-7-19-20(15-18)33-14-4-13-32-19/h6-7,15,17H,2-5,8-14,16H2,1H3,(H,24,29). The smallest absolute Gasteiger partial charge is 0.326 e. The van der Waals surface area contributed by atoms with E-state index in [0.29, 0.717) is 44.2 Å². The molecule has 0 bridgehead atoms. The molecule has 1 N–H and O–H groups in total. The fourth-order valence-corrected chi connectivity index (χ4v) is 6.83. The van der Waals surface area contributed by atoms with Crippen LogP contribution in [0.2, 0.25) is 0 Å². The maximum absolute atomic E-state index is 13.2. The Labute approximate surface area is 200 Å². The van der Waals surface area contributed by atoms with Gasteiger partial charge in [-0.15, -0.1) is 0 Å². The minimum absolute atomic E-state index is 0.111. The van der Waals surface area contributed by atoms with Crippen LogP contribution in [0.25, 0.3) is 0 Å². The maximum Gasteiger partial charge on any atom is 0.326 e. The number of sulfonamides is 1. The molecule has 5 rings (SSSR count). The van der Waals surface area contributed by atoms with Gasteiger partial charge in [0.1, 0.15) is 5.54 Å².